The minimum absolute atomic E-state index is 0. The van der Waals surface area contributed by atoms with Gasteiger partial charge in [0.05, 0.1) is 18.1 Å². The van der Waals surface area contributed by atoms with E-state index in [4.69, 9.17) is 4.74 Å². The number of hydrogen-bond acceptors (Lipinski definition) is 3. The number of allylic oxidation sites excluding steroid dienone is 1. The minimum atomic E-state index is 0. The van der Waals surface area contributed by atoms with E-state index < -0.39 is 0 Å². The molecule has 2 bridgehead atoms. The number of ether oxygens (including phenoxy) is 1. The molecule has 0 spiro atoms. The van der Waals surface area contributed by atoms with Crippen LogP contribution >= 0.6 is 11.3 Å². The first kappa shape index (κ1) is 18.6. The Kier molecular flexibility index (Phi) is 4.44. The lowest BCUT2D eigenvalue weighted by molar-refractivity contribution is -0.118. The van der Waals surface area contributed by atoms with Gasteiger partial charge in [-0.15, -0.1) is 11.3 Å². The highest BCUT2D eigenvalue weighted by Crippen LogP contribution is 2.59. The Labute approximate surface area is 166 Å². The summed E-state index contributed by atoms with van der Waals surface area (Å²) >= 11 is 1.82. The van der Waals surface area contributed by atoms with E-state index in [1.165, 1.54) is 32.7 Å². The van der Waals surface area contributed by atoms with Crippen LogP contribution in [0.4, 0.5) is 0 Å². The van der Waals surface area contributed by atoms with Gasteiger partial charge in [0, 0.05) is 22.3 Å². The van der Waals surface area contributed by atoms with E-state index in [0.717, 1.165) is 12.0 Å². The topological polar surface area (TPSA) is 26.3 Å². The van der Waals surface area contributed by atoms with Crippen LogP contribution in [-0.4, -0.2) is 18.0 Å². The van der Waals surface area contributed by atoms with Crippen molar-refractivity contribution in [1.82, 2.24) is 0 Å². The molecule has 3 heteroatoms. The van der Waals surface area contributed by atoms with Gasteiger partial charge in [-0.25, -0.2) is 0 Å². The second kappa shape index (κ2) is 6.42. The molecule has 5 atom stereocenters. The molecule has 5 rings (SSSR count). The quantitative estimate of drug-likeness (QED) is 0.653. The molecular weight excluding hydrogens is 352 g/mol. The van der Waals surface area contributed by atoms with Crippen LogP contribution in [0.25, 0.3) is 5.57 Å². The maximum absolute atomic E-state index is 13.4. The van der Waals surface area contributed by atoms with Crippen molar-refractivity contribution in [2.24, 2.45) is 11.8 Å². The Balaban J connectivity index is 0.00000180. The molecule has 1 aromatic carbocycles. The van der Waals surface area contributed by atoms with Gasteiger partial charge in [-0.1, -0.05) is 36.8 Å². The van der Waals surface area contributed by atoms with E-state index in [-0.39, 0.29) is 31.5 Å². The molecule has 2 aliphatic heterocycles. The van der Waals surface area contributed by atoms with Crippen LogP contribution in [0.5, 0.6) is 0 Å². The molecule has 1 aromatic heterocycles. The van der Waals surface area contributed by atoms with Crippen LogP contribution in [-0.2, 0) is 9.53 Å². The minimum Gasteiger partial charge on any atom is -0.373 e. The van der Waals surface area contributed by atoms with Gasteiger partial charge in [-0.3, -0.25) is 4.79 Å². The standard InChI is InChI=1S/C23H24O2S.CH4/c1-11-8-12(2)18(13(3)9-11)19-14(4)20-21(22(19)24)16-10-15(23(20)25-16)17-6-5-7-26-17;/h5-9,15-16,20-21,23H,10H2,1-4H3;1H4/t15?,16?,20-,21-,23?;/m0./s1. The number of rotatable bonds is 2. The van der Waals surface area contributed by atoms with Crippen LogP contribution in [0, 0.1) is 32.6 Å². The Morgan fingerprint density at radius 3 is 2.41 bits per heavy atom. The highest BCUT2D eigenvalue weighted by atomic mass is 32.1. The molecule has 2 saturated heterocycles. The number of benzene rings is 1. The van der Waals surface area contributed by atoms with Crippen LogP contribution in [0.15, 0.2) is 35.2 Å². The van der Waals surface area contributed by atoms with Gasteiger partial charge in [0.25, 0.3) is 0 Å². The third kappa shape index (κ3) is 2.51. The van der Waals surface area contributed by atoms with Crippen molar-refractivity contribution >= 4 is 22.7 Å². The largest absolute Gasteiger partial charge is 0.373 e. The molecule has 3 aliphatic rings. The second-order valence-electron chi connectivity index (χ2n) is 8.24. The number of carbonyl (C=O) groups is 1. The van der Waals surface area contributed by atoms with Crippen molar-refractivity contribution in [3.05, 3.63) is 62.3 Å². The van der Waals surface area contributed by atoms with Gasteiger partial charge in [-0.05, 0) is 62.3 Å². The van der Waals surface area contributed by atoms with Crippen LogP contribution < -0.4 is 0 Å². The highest BCUT2D eigenvalue weighted by molar-refractivity contribution is 7.10. The molecule has 2 fully saturated rings. The first-order chi connectivity index (χ1) is 12.5. The normalized spacial score (nSPS) is 31.4. The smallest absolute Gasteiger partial charge is 0.169 e. The lowest BCUT2D eigenvalue weighted by atomic mass is 9.73. The number of fused-ring (bicyclic) bond motifs is 5. The van der Waals surface area contributed by atoms with E-state index in [2.05, 4.69) is 57.3 Å². The SMILES string of the molecule is C.CC1=C(c2c(C)cc(C)cc2C)C(=O)[C@H]2C3CC(c4cccs4)C(O3)[C@@H]12. The summed E-state index contributed by atoms with van der Waals surface area (Å²) in [6.45, 7) is 8.56. The first-order valence-corrected chi connectivity index (χ1v) is 10.4. The second-order valence-corrected chi connectivity index (χ2v) is 9.22. The number of aryl methyl sites for hydroxylation is 3. The highest BCUT2D eigenvalue weighted by Gasteiger charge is 2.61. The number of thiophene rings is 1. The monoisotopic (exact) mass is 380 g/mol. The molecule has 3 unspecified atom stereocenters. The lowest BCUT2D eigenvalue weighted by Crippen LogP contribution is -2.33. The van der Waals surface area contributed by atoms with Crippen molar-refractivity contribution in [3.63, 3.8) is 0 Å². The molecule has 0 amide bonds. The van der Waals surface area contributed by atoms with E-state index >= 15 is 0 Å². The van der Waals surface area contributed by atoms with E-state index in [1.807, 2.05) is 11.3 Å². The predicted octanol–water partition coefficient (Wildman–Crippen LogP) is 5.85. The molecule has 142 valence electrons. The molecule has 0 N–H and O–H groups in total. The zero-order valence-electron chi connectivity index (χ0n) is 15.7. The first-order valence-electron chi connectivity index (χ1n) is 9.49. The number of carbonyl (C=O) groups excluding carboxylic acids is 1. The van der Waals surface area contributed by atoms with Crippen LogP contribution in [0.1, 0.15) is 53.8 Å². The zero-order valence-corrected chi connectivity index (χ0v) is 16.5. The van der Waals surface area contributed by atoms with Gasteiger partial charge >= 0.3 is 0 Å². The molecule has 1 aliphatic carbocycles. The van der Waals surface area contributed by atoms with Crippen LogP contribution in [0.3, 0.4) is 0 Å². The van der Waals surface area contributed by atoms with Crippen molar-refractivity contribution in [1.29, 1.82) is 0 Å². The van der Waals surface area contributed by atoms with E-state index in [0.29, 0.717) is 11.7 Å². The number of Topliss-reactive ketones (excluding diaryl/α,β-unsaturated/α-hetero) is 1. The third-order valence-electron chi connectivity index (χ3n) is 6.64. The summed E-state index contributed by atoms with van der Waals surface area (Å²) in [7, 11) is 0. The summed E-state index contributed by atoms with van der Waals surface area (Å²) in [5.74, 6) is 1.05. The number of ketones is 1. The van der Waals surface area contributed by atoms with Gasteiger partial charge in [0.2, 0.25) is 0 Å². The fourth-order valence-corrected chi connectivity index (χ4v) is 6.67. The summed E-state index contributed by atoms with van der Waals surface area (Å²) < 4.78 is 6.33. The third-order valence-corrected chi connectivity index (χ3v) is 7.64. The zero-order chi connectivity index (χ0) is 18.2. The van der Waals surface area contributed by atoms with Crippen molar-refractivity contribution in [2.75, 3.05) is 0 Å². The fraction of sp³-hybridized carbons (Fsp3) is 0.458. The van der Waals surface area contributed by atoms with Gasteiger partial charge < -0.3 is 4.74 Å². The molecule has 3 heterocycles. The predicted molar refractivity (Wildman–Crippen MR) is 112 cm³/mol. The molecule has 2 aromatic rings. The average molecular weight is 381 g/mol. The Hall–Kier alpha value is -1.71. The summed E-state index contributed by atoms with van der Waals surface area (Å²) in [6, 6.07) is 8.74. The van der Waals surface area contributed by atoms with Gasteiger partial charge in [-0.2, -0.15) is 0 Å². The maximum atomic E-state index is 13.4. The van der Waals surface area contributed by atoms with Crippen LogP contribution in [0.2, 0.25) is 0 Å². The maximum Gasteiger partial charge on any atom is 0.169 e. The number of hydrogen-bond donors (Lipinski definition) is 0. The molecule has 0 radical (unpaired) electrons. The summed E-state index contributed by atoms with van der Waals surface area (Å²) in [4.78, 5) is 14.8. The van der Waals surface area contributed by atoms with Gasteiger partial charge in [0.15, 0.2) is 5.78 Å². The van der Waals surface area contributed by atoms with Crippen molar-refractivity contribution in [3.8, 4) is 0 Å². The van der Waals surface area contributed by atoms with E-state index in [1.54, 1.807) is 0 Å². The molecule has 2 nitrogen and oxygen atoms in total. The Morgan fingerprint density at radius 2 is 1.78 bits per heavy atom. The summed E-state index contributed by atoms with van der Waals surface area (Å²) in [6.07, 6.45) is 1.24. The molecular formula is C24H28O2S. The molecule has 0 saturated carbocycles. The fourth-order valence-electron chi connectivity index (χ4n) is 5.79. The van der Waals surface area contributed by atoms with Crippen molar-refractivity contribution < 1.29 is 9.53 Å². The Bertz CT molecular complexity index is 914. The van der Waals surface area contributed by atoms with Crippen molar-refractivity contribution in [2.45, 2.75) is 59.7 Å². The summed E-state index contributed by atoms with van der Waals surface area (Å²) in [5, 5.41) is 2.14. The lowest BCUT2D eigenvalue weighted by Gasteiger charge is -2.27. The average Bonchev–Trinajstić information content (AvgIpc) is 3.33. The summed E-state index contributed by atoms with van der Waals surface area (Å²) in [5.41, 5.74) is 7.10. The van der Waals surface area contributed by atoms with E-state index in [9.17, 15) is 4.79 Å². The molecule has 27 heavy (non-hydrogen) atoms. The Morgan fingerprint density at radius 1 is 1.07 bits per heavy atom. The van der Waals surface area contributed by atoms with Gasteiger partial charge in [0.1, 0.15) is 0 Å².